The first kappa shape index (κ1) is 11.7. The number of nitrogens with zero attached hydrogens (tertiary/aromatic N) is 3. The lowest BCUT2D eigenvalue weighted by atomic mass is 10.0. The van der Waals surface area contributed by atoms with E-state index in [0.717, 1.165) is 27.4 Å². The molecule has 4 N–H and O–H groups in total. The number of anilines is 1. The molecule has 2 aromatic carbocycles. The van der Waals surface area contributed by atoms with Crippen LogP contribution in [0.15, 0.2) is 42.7 Å². The molecule has 4 rings (SSSR count). The molecule has 0 radical (unpaired) electrons. The lowest BCUT2D eigenvalue weighted by Crippen LogP contribution is -1.92. The quantitative estimate of drug-likeness (QED) is 0.496. The molecule has 0 saturated carbocycles. The van der Waals surface area contributed by atoms with Gasteiger partial charge in [-0.3, -0.25) is 5.10 Å². The number of nitrogens with two attached hydrogens (primary N) is 1. The number of fused-ring (bicyclic) bond motifs is 2. The summed E-state index contributed by atoms with van der Waals surface area (Å²) in [5, 5.41) is 19.4. The van der Waals surface area contributed by atoms with Crippen molar-refractivity contribution in [2.75, 3.05) is 5.73 Å². The predicted octanol–water partition coefficient (Wildman–Crippen LogP) is 2.46. The highest BCUT2D eigenvalue weighted by atomic mass is 16.3. The average Bonchev–Trinajstić information content (AvgIpc) is 2.92. The van der Waals surface area contributed by atoms with E-state index in [0.29, 0.717) is 11.5 Å². The van der Waals surface area contributed by atoms with Crippen LogP contribution in [0.4, 0.5) is 5.82 Å². The summed E-state index contributed by atoms with van der Waals surface area (Å²) in [6, 6.07) is 11.1. The van der Waals surface area contributed by atoms with Gasteiger partial charge >= 0.3 is 0 Å². The standard InChI is InChI=1S/C15H11N5O/c16-14-12-13(19-20-15(12)18-7-17-14)10-2-1-9-6-11(21)4-3-8(9)5-10/h1-7,21H,(H3,16,17,18,19,20). The van der Waals surface area contributed by atoms with Crippen LogP contribution >= 0.6 is 0 Å². The Morgan fingerprint density at radius 3 is 2.71 bits per heavy atom. The molecule has 0 spiro atoms. The van der Waals surface area contributed by atoms with Crippen LogP contribution in [0, 0.1) is 0 Å². The lowest BCUT2D eigenvalue weighted by Gasteiger charge is -2.03. The first-order valence-corrected chi connectivity index (χ1v) is 6.40. The summed E-state index contributed by atoms with van der Waals surface area (Å²) in [4.78, 5) is 8.13. The van der Waals surface area contributed by atoms with Crippen molar-refractivity contribution < 1.29 is 5.11 Å². The third-order valence-electron chi connectivity index (χ3n) is 3.48. The van der Waals surface area contributed by atoms with Gasteiger partial charge in [-0.1, -0.05) is 18.2 Å². The average molecular weight is 277 g/mol. The smallest absolute Gasteiger partial charge is 0.161 e. The summed E-state index contributed by atoms with van der Waals surface area (Å²) < 4.78 is 0. The van der Waals surface area contributed by atoms with E-state index in [2.05, 4.69) is 20.2 Å². The molecule has 6 heteroatoms. The predicted molar refractivity (Wildman–Crippen MR) is 80.7 cm³/mol. The summed E-state index contributed by atoms with van der Waals surface area (Å²) in [7, 11) is 0. The second kappa shape index (κ2) is 4.17. The molecular formula is C15H11N5O. The Morgan fingerprint density at radius 1 is 1.00 bits per heavy atom. The molecule has 0 aliphatic heterocycles. The molecule has 4 aromatic rings. The number of nitrogen functional groups attached to an aromatic ring is 1. The van der Waals surface area contributed by atoms with Gasteiger partial charge in [-0.05, 0) is 29.0 Å². The topological polar surface area (TPSA) is 101 Å². The van der Waals surface area contributed by atoms with Crippen molar-refractivity contribution in [1.29, 1.82) is 0 Å². The second-order valence-corrected chi connectivity index (χ2v) is 4.80. The van der Waals surface area contributed by atoms with E-state index in [4.69, 9.17) is 5.73 Å². The third kappa shape index (κ3) is 1.77. The van der Waals surface area contributed by atoms with Crippen LogP contribution in [0.1, 0.15) is 0 Å². The number of rotatable bonds is 1. The van der Waals surface area contributed by atoms with E-state index in [1.54, 1.807) is 12.1 Å². The maximum absolute atomic E-state index is 9.51. The minimum atomic E-state index is 0.248. The second-order valence-electron chi connectivity index (χ2n) is 4.80. The zero-order valence-electron chi connectivity index (χ0n) is 10.9. The van der Waals surface area contributed by atoms with Crippen LogP contribution in [0.5, 0.6) is 5.75 Å². The van der Waals surface area contributed by atoms with Gasteiger partial charge in [-0.15, -0.1) is 0 Å². The molecule has 0 atom stereocenters. The minimum Gasteiger partial charge on any atom is -0.508 e. The molecule has 0 saturated heterocycles. The molecule has 0 amide bonds. The molecule has 102 valence electrons. The third-order valence-corrected chi connectivity index (χ3v) is 3.48. The summed E-state index contributed by atoms with van der Waals surface area (Å²) in [5.74, 6) is 0.646. The van der Waals surface area contributed by atoms with E-state index in [-0.39, 0.29) is 5.75 Å². The van der Waals surface area contributed by atoms with Crippen LogP contribution in [0.3, 0.4) is 0 Å². The molecule has 0 fully saturated rings. The summed E-state index contributed by atoms with van der Waals surface area (Å²) in [6.45, 7) is 0. The maximum Gasteiger partial charge on any atom is 0.161 e. The van der Waals surface area contributed by atoms with Crippen molar-refractivity contribution in [3.8, 4) is 17.0 Å². The Labute approximate surface area is 119 Å². The monoisotopic (exact) mass is 277 g/mol. The van der Waals surface area contributed by atoms with E-state index < -0.39 is 0 Å². The van der Waals surface area contributed by atoms with Crippen molar-refractivity contribution in [3.05, 3.63) is 42.7 Å². The molecule has 0 unspecified atom stereocenters. The number of aromatic nitrogens is 4. The van der Waals surface area contributed by atoms with Crippen molar-refractivity contribution >= 4 is 27.6 Å². The van der Waals surface area contributed by atoms with Gasteiger partial charge in [0.05, 0.1) is 5.39 Å². The fraction of sp³-hybridized carbons (Fsp3) is 0. The number of hydrogen-bond acceptors (Lipinski definition) is 5. The van der Waals surface area contributed by atoms with E-state index >= 15 is 0 Å². The van der Waals surface area contributed by atoms with E-state index in [1.165, 1.54) is 6.33 Å². The van der Waals surface area contributed by atoms with Gasteiger partial charge in [0.15, 0.2) is 5.65 Å². The van der Waals surface area contributed by atoms with Gasteiger partial charge in [-0.25, -0.2) is 9.97 Å². The molecule has 6 nitrogen and oxygen atoms in total. The Hall–Kier alpha value is -3.15. The van der Waals surface area contributed by atoms with Crippen molar-refractivity contribution in [2.45, 2.75) is 0 Å². The Balaban J connectivity index is 1.98. The highest BCUT2D eigenvalue weighted by Gasteiger charge is 2.13. The van der Waals surface area contributed by atoms with Crippen LogP contribution in [0.2, 0.25) is 0 Å². The number of aromatic hydroxyl groups is 1. The van der Waals surface area contributed by atoms with Gasteiger partial charge in [0.25, 0.3) is 0 Å². The Kier molecular flexibility index (Phi) is 2.32. The molecule has 0 bridgehead atoms. The van der Waals surface area contributed by atoms with Gasteiger partial charge < -0.3 is 10.8 Å². The zero-order valence-corrected chi connectivity index (χ0v) is 10.9. The summed E-state index contributed by atoms with van der Waals surface area (Å²) in [5.41, 5.74) is 8.18. The zero-order chi connectivity index (χ0) is 14.4. The molecule has 2 heterocycles. The molecule has 0 aliphatic carbocycles. The minimum absolute atomic E-state index is 0.248. The van der Waals surface area contributed by atoms with Gasteiger partial charge in [0.1, 0.15) is 23.6 Å². The van der Waals surface area contributed by atoms with E-state index in [9.17, 15) is 5.11 Å². The number of aromatic amines is 1. The fourth-order valence-corrected chi connectivity index (χ4v) is 2.47. The maximum atomic E-state index is 9.51. The first-order chi connectivity index (χ1) is 10.2. The number of phenols is 1. The fourth-order valence-electron chi connectivity index (χ4n) is 2.47. The van der Waals surface area contributed by atoms with Gasteiger partial charge in [0, 0.05) is 5.56 Å². The van der Waals surface area contributed by atoms with Gasteiger partial charge in [0.2, 0.25) is 0 Å². The normalized spacial score (nSPS) is 11.2. The number of hydrogen-bond donors (Lipinski definition) is 3. The Bertz CT molecular complexity index is 976. The summed E-state index contributed by atoms with van der Waals surface area (Å²) >= 11 is 0. The Morgan fingerprint density at radius 2 is 1.81 bits per heavy atom. The first-order valence-electron chi connectivity index (χ1n) is 6.40. The van der Waals surface area contributed by atoms with Crippen molar-refractivity contribution in [2.24, 2.45) is 0 Å². The largest absolute Gasteiger partial charge is 0.508 e. The SMILES string of the molecule is Nc1ncnc2[nH]nc(-c3ccc4cc(O)ccc4c3)c12. The van der Waals surface area contributed by atoms with Crippen molar-refractivity contribution in [1.82, 2.24) is 20.2 Å². The molecule has 21 heavy (non-hydrogen) atoms. The number of benzene rings is 2. The van der Waals surface area contributed by atoms with Crippen LogP contribution in [-0.2, 0) is 0 Å². The van der Waals surface area contributed by atoms with Crippen LogP contribution in [-0.4, -0.2) is 25.3 Å². The van der Waals surface area contributed by atoms with Crippen LogP contribution < -0.4 is 5.73 Å². The highest BCUT2D eigenvalue weighted by molar-refractivity contribution is 5.99. The van der Waals surface area contributed by atoms with Crippen molar-refractivity contribution in [3.63, 3.8) is 0 Å². The number of H-pyrrole nitrogens is 1. The number of nitrogens with one attached hydrogen (secondary N) is 1. The highest BCUT2D eigenvalue weighted by Crippen LogP contribution is 2.31. The molecule has 0 aliphatic rings. The lowest BCUT2D eigenvalue weighted by molar-refractivity contribution is 0.476. The van der Waals surface area contributed by atoms with E-state index in [1.807, 2.05) is 24.3 Å². The number of phenolic OH excluding ortho intramolecular Hbond substituents is 1. The van der Waals surface area contributed by atoms with Crippen LogP contribution in [0.25, 0.3) is 33.1 Å². The molecular weight excluding hydrogens is 266 g/mol. The van der Waals surface area contributed by atoms with Gasteiger partial charge in [-0.2, -0.15) is 5.10 Å². The molecule has 2 aromatic heterocycles. The summed E-state index contributed by atoms with van der Waals surface area (Å²) in [6.07, 6.45) is 1.41.